The van der Waals surface area contributed by atoms with Crippen molar-refractivity contribution in [3.05, 3.63) is 11.1 Å². The molecule has 0 spiro atoms. The van der Waals surface area contributed by atoms with Crippen molar-refractivity contribution in [3.8, 4) is 0 Å². The molecule has 0 bridgehead atoms. The van der Waals surface area contributed by atoms with Crippen molar-refractivity contribution >= 4 is 11.8 Å². The van der Waals surface area contributed by atoms with Gasteiger partial charge in [0.05, 0.1) is 6.61 Å². The normalized spacial score (nSPS) is 27.6. The van der Waals surface area contributed by atoms with Gasteiger partial charge in [-0.3, -0.25) is 4.79 Å². The first-order valence-electron chi connectivity index (χ1n) is 5.62. The SMILES string of the molecule is CCOC(=O)C1=C(C(=O)CC)C2CC2C1. The Balaban J connectivity index is 2.22. The Morgan fingerprint density at radius 1 is 1.40 bits per heavy atom. The highest BCUT2D eigenvalue weighted by molar-refractivity contribution is 6.05. The Labute approximate surface area is 89.5 Å². The molecule has 2 atom stereocenters. The minimum Gasteiger partial charge on any atom is -0.463 e. The zero-order valence-corrected chi connectivity index (χ0v) is 9.21. The van der Waals surface area contributed by atoms with Gasteiger partial charge < -0.3 is 4.74 Å². The van der Waals surface area contributed by atoms with E-state index in [0.717, 1.165) is 18.4 Å². The zero-order chi connectivity index (χ0) is 11.0. The molecule has 0 aromatic rings. The average Bonchev–Trinajstić information content (AvgIpc) is 2.89. The molecule has 82 valence electrons. The molecule has 0 radical (unpaired) electrons. The van der Waals surface area contributed by atoms with Gasteiger partial charge >= 0.3 is 5.97 Å². The molecular weight excluding hydrogens is 192 g/mol. The van der Waals surface area contributed by atoms with Crippen molar-refractivity contribution in [2.45, 2.75) is 33.1 Å². The van der Waals surface area contributed by atoms with E-state index in [0.29, 0.717) is 30.4 Å². The fourth-order valence-electron chi connectivity index (χ4n) is 2.40. The fourth-order valence-corrected chi connectivity index (χ4v) is 2.40. The summed E-state index contributed by atoms with van der Waals surface area (Å²) >= 11 is 0. The molecule has 0 heterocycles. The van der Waals surface area contributed by atoms with Gasteiger partial charge in [-0.05, 0) is 31.6 Å². The molecule has 0 aromatic heterocycles. The van der Waals surface area contributed by atoms with Crippen molar-refractivity contribution in [1.29, 1.82) is 0 Å². The molecule has 0 saturated heterocycles. The van der Waals surface area contributed by atoms with Gasteiger partial charge in [-0.2, -0.15) is 0 Å². The molecule has 2 aliphatic rings. The molecule has 2 rings (SSSR count). The number of rotatable bonds is 4. The highest BCUT2D eigenvalue weighted by Gasteiger charge is 2.50. The molecule has 2 aliphatic carbocycles. The molecule has 3 heteroatoms. The predicted molar refractivity (Wildman–Crippen MR) is 55.2 cm³/mol. The van der Waals surface area contributed by atoms with Crippen LogP contribution in [0.4, 0.5) is 0 Å². The van der Waals surface area contributed by atoms with Crippen molar-refractivity contribution in [3.63, 3.8) is 0 Å². The summed E-state index contributed by atoms with van der Waals surface area (Å²) in [7, 11) is 0. The third kappa shape index (κ3) is 1.71. The van der Waals surface area contributed by atoms with E-state index < -0.39 is 0 Å². The zero-order valence-electron chi connectivity index (χ0n) is 9.21. The van der Waals surface area contributed by atoms with Gasteiger partial charge in [0.15, 0.2) is 5.78 Å². The Morgan fingerprint density at radius 2 is 2.13 bits per heavy atom. The minimum absolute atomic E-state index is 0.128. The number of carbonyl (C=O) groups excluding carboxylic acids is 2. The molecule has 0 aliphatic heterocycles. The summed E-state index contributed by atoms with van der Waals surface area (Å²) in [6, 6.07) is 0. The quantitative estimate of drug-likeness (QED) is 0.662. The first-order chi connectivity index (χ1) is 7.19. The van der Waals surface area contributed by atoms with E-state index in [1.807, 2.05) is 6.92 Å². The second-order valence-electron chi connectivity index (χ2n) is 4.20. The monoisotopic (exact) mass is 208 g/mol. The standard InChI is InChI=1S/C12H16O3/c1-3-10(13)11-8-5-7(8)6-9(11)12(14)15-4-2/h7-8H,3-6H2,1-2H3. The van der Waals surface area contributed by atoms with E-state index in [2.05, 4.69) is 0 Å². The van der Waals surface area contributed by atoms with Crippen LogP contribution in [-0.2, 0) is 14.3 Å². The highest BCUT2D eigenvalue weighted by atomic mass is 16.5. The molecule has 0 aromatic carbocycles. The van der Waals surface area contributed by atoms with Crippen molar-refractivity contribution < 1.29 is 14.3 Å². The third-order valence-corrected chi connectivity index (χ3v) is 3.23. The molecule has 0 N–H and O–H groups in total. The number of hydrogen-bond donors (Lipinski definition) is 0. The van der Waals surface area contributed by atoms with E-state index in [9.17, 15) is 9.59 Å². The Hall–Kier alpha value is -1.12. The lowest BCUT2D eigenvalue weighted by atomic mass is 10.0. The molecular formula is C12H16O3. The Bertz CT molecular complexity index is 341. The number of Topliss-reactive ketones (excluding diaryl/α,β-unsaturated/α-hetero) is 1. The van der Waals surface area contributed by atoms with Crippen LogP contribution < -0.4 is 0 Å². The summed E-state index contributed by atoms with van der Waals surface area (Å²) in [5.74, 6) is 0.774. The van der Waals surface area contributed by atoms with Crippen molar-refractivity contribution in [2.75, 3.05) is 6.61 Å². The van der Waals surface area contributed by atoms with Crippen LogP contribution in [0.3, 0.4) is 0 Å². The number of hydrogen-bond acceptors (Lipinski definition) is 3. The van der Waals surface area contributed by atoms with Gasteiger partial charge in [0, 0.05) is 17.6 Å². The molecule has 2 unspecified atom stereocenters. The fraction of sp³-hybridized carbons (Fsp3) is 0.667. The summed E-state index contributed by atoms with van der Waals surface area (Å²) in [6.45, 7) is 4.01. The summed E-state index contributed by atoms with van der Waals surface area (Å²) in [6.07, 6.45) is 2.33. The summed E-state index contributed by atoms with van der Waals surface area (Å²) in [4.78, 5) is 23.3. The van der Waals surface area contributed by atoms with Gasteiger partial charge in [-0.15, -0.1) is 0 Å². The summed E-state index contributed by atoms with van der Waals surface area (Å²) in [5.41, 5.74) is 1.44. The molecule has 1 saturated carbocycles. The summed E-state index contributed by atoms with van der Waals surface area (Å²) in [5, 5.41) is 0. The van der Waals surface area contributed by atoms with Crippen LogP contribution in [0.25, 0.3) is 0 Å². The van der Waals surface area contributed by atoms with Crippen LogP contribution in [0.1, 0.15) is 33.1 Å². The van der Waals surface area contributed by atoms with E-state index in [-0.39, 0.29) is 11.8 Å². The van der Waals surface area contributed by atoms with Crippen LogP contribution >= 0.6 is 0 Å². The maximum Gasteiger partial charge on any atom is 0.334 e. The highest BCUT2D eigenvalue weighted by Crippen LogP contribution is 2.55. The van der Waals surface area contributed by atoms with Crippen LogP contribution in [0, 0.1) is 11.8 Å². The lowest BCUT2D eigenvalue weighted by Crippen LogP contribution is -2.13. The first kappa shape index (κ1) is 10.4. The number of ether oxygens (including phenoxy) is 1. The third-order valence-electron chi connectivity index (χ3n) is 3.23. The molecule has 0 amide bonds. The average molecular weight is 208 g/mol. The van der Waals surface area contributed by atoms with E-state index >= 15 is 0 Å². The topological polar surface area (TPSA) is 43.4 Å². The molecule has 1 fully saturated rings. The van der Waals surface area contributed by atoms with Crippen LogP contribution in [-0.4, -0.2) is 18.4 Å². The van der Waals surface area contributed by atoms with Gasteiger partial charge in [-0.1, -0.05) is 6.92 Å². The lowest BCUT2D eigenvalue weighted by molar-refractivity contribution is -0.139. The van der Waals surface area contributed by atoms with Gasteiger partial charge in [0.1, 0.15) is 0 Å². The predicted octanol–water partition coefficient (Wildman–Crippen LogP) is 1.86. The van der Waals surface area contributed by atoms with Crippen LogP contribution in [0.5, 0.6) is 0 Å². The molecule has 3 nitrogen and oxygen atoms in total. The van der Waals surface area contributed by atoms with Gasteiger partial charge in [-0.25, -0.2) is 4.79 Å². The first-order valence-corrected chi connectivity index (χ1v) is 5.62. The van der Waals surface area contributed by atoms with Crippen LogP contribution in [0.15, 0.2) is 11.1 Å². The number of ketones is 1. The lowest BCUT2D eigenvalue weighted by Gasteiger charge is -2.07. The number of fused-ring (bicyclic) bond motifs is 1. The second-order valence-corrected chi connectivity index (χ2v) is 4.20. The smallest absolute Gasteiger partial charge is 0.334 e. The number of esters is 1. The Morgan fingerprint density at radius 3 is 2.73 bits per heavy atom. The summed E-state index contributed by atoms with van der Waals surface area (Å²) < 4.78 is 4.97. The minimum atomic E-state index is -0.276. The largest absolute Gasteiger partial charge is 0.463 e. The van der Waals surface area contributed by atoms with Gasteiger partial charge in [0.25, 0.3) is 0 Å². The second kappa shape index (κ2) is 3.80. The van der Waals surface area contributed by atoms with E-state index in [4.69, 9.17) is 4.74 Å². The molecule has 15 heavy (non-hydrogen) atoms. The number of carbonyl (C=O) groups is 2. The van der Waals surface area contributed by atoms with E-state index in [1.165, 1.54) is 0 Å². The maximum atomic E-state index is 11.7. The van der Waals surface area contributed by atoms with E-state index in [1.54, 1.807) is 6.92 Å². The Kier molecular flexibility index (Phi) is 2.63. The number of allylic oxidation sites excluding steroid dienone is 1. The van der Waals surface area contributed by atoms with Crippen molar-refractivity contribution in [2.24, 2.45) is 11.8 Å². The van der Waals surface area contributed by atoms with Crippen LogP contribution in [0.2, 0.25) is 0 Å². The van der Waals surface area contributed by atoms with Crippen molar-refractivity contribution in [1.82, 2.24) is 0 Å². The van der Waals surface area contributed by atoms with Gasteiger partial charge in [0.2, 0.25) is 0 Å². The maximum absolute atomic E-state index is 11.7.